The van der Waals surface area contributed by atoms with Crippen LogP contribution < -0.4 is 5.73 Å². The van der Waals surface area contributed by atoms with Gasteiger partial charge in [0.15, 0.2) is 0 Å². The lowest BCUT2D eigenvalue weighted by molar-refractivity contribution is -0.156. The lowest BCUT2D eigenvalue weighted by atomic mass is 9.63. The van der Waals surface area contributed by atoms with E-state index in [0.29, 0.717) is 12.8 Å². The van der Waals surface area contributed by atoms with Crippen molar-refractivity contribution in [1.82, 2.24) is 4.98 Å². The normalized spacial score (nSPS) is 21.2. The molecule has 4 heteroatoms. The number of aliphatic carboxylic acids is 1. The van der Waals surface area contributed by atoms with Crippen LogP contribution in [0.5, 0.6) is 0 Å². The van der Waals surface area contributed by atoms with Gasteiger partial charge in [0.2, 0.25) is 0 Å². The van der Waals surface area contributed by atoms with E-state index in [-0.39, 0.29) is 0 Å². The molecule has 1 aliphatic rings. The molecule has 14 heavy (non-hydrogen) atoms. The van der Waals surface area contributed by atoms with E-state index in [1.54, 1.807) is 6.20 Å². The highest BCUT2D eigenvalue weighted by Gasteiger charge is 2.50. The Bertz CT molecular complexity index is 328. The molecule has 2 rings (SSSR count). The summed E-state index contributed by atoms with van der Waals surface area (Å²) in [5, 5.41) is 9.16. The van der Waals surface area contributed by atoms with Crippen molar-refractivity contribution in [3.63, 3.8) is 0 Å². The largest absolute Gasteiger partial charge is 0.481 e. The molecule has 1 aromatic rings. The summed E-state index contributed by atoms with van der Waals surface area (Å²) >= 11 is 0. The zero-order chi connectivity index (χ0) is 10.2. The molecule has 0 aromatic carbocycles. The number of hydrogen-bond donors (Lipinski definition) is 3. The van der Waals surface area contributed by atoms with Gasteiger partial charge in [-0.3, -0.25) is 4.79 Å². The maximum Gasteiger partial charge on any atom is 0.311 e. The number of rotatable bonds is 3. The van der Waals surface area contributed by atoms with Gasteiger partial charge in [-0.05, 0) is 25.0 Å². The van der Waals surface area contributed by atoms with Crippen LogP contribution in [0.2, 0.25) is 0 Å². The van der Waals surface area contributed by atoms with E-state index in [9.17, 15) is 4.79 Å². The Labute approximate surface area is 82.1 Å². The predicted molar refractivity (Wildman–Crippen MR) is 51.6 cm³/mol. The van der Waals surface area contributed by atoms with E-state index in [1.807, 2.05) is 12.1 Å². The number of aromatic amines is 1. The second-order valence-electron chi connectivity index (χ2n) is 3.92. The van der Waals surface area contributed by atoms with Gasteiger partial charge in [0.05, 0.1) is 11.5 Å². The molecular weight excluding hydrogens is 180 g/mol. The Morgan fingerprint density at radius 3 is 2.71 bits per heavy atom. The summed E-state index contributed by atoms with van der Waals surface area (Å²) in [5.41, 5.74) is 6.05. The van der Waals surface area contributed by atoms with Crippen molar-refractivity contribution in [2.45, 2.75) is 25.3 Å². The van der Waals surface area contributed by atoms with E-state index in [1.165, 1.54) is 0 Å². The molecule has 1 saturated carbocycles. The third kappa shape index (κ3) is 1.14. The van der Waals surface area contributed by atoms with Gasteiger partial charge in [-0.15, -0.1) is 0 Å². The van der Waals surface area contributed by atoms with Gasteiger partial charge in [-0.25, -0.2) is 0 Å². The first-order valence-corrected chi connectivity index (χ1v) is 4.79. The van der Waals surface area contributed by atoms with E-state index in [2.05, 4.69) is 4.98 Å². The van der Waals surface area contributed by atoms with Crippen LogP contribution in [0, 0.1) is 5.41 Å². The predicted octanol–water partition coefficient (Wildman–Crippen LogP) is 1.27. The Kier molecular flexibility index (Phi) is 2.07. The van der Waals surface area contributed by atoms with Gasteiger partial charge >= 0.3 is 5.97 Å². The lowest BCUT2D eigenvalue weighted by Gasteiger charge is -2.41. The van der Waals surface area contributed by atoms with Crippen molar-refractivity contribution in [3.05, 3.63) is 24.0 Å². The van der Waals surface area contributed by atoms with Crippen molar-refractivity contribution < 1.29 is 9.90 Å². The molecule has 4 N–H and O–H groups in total. The number of nitrogens with one attached hydrogen (secondary N) is 1. The lowest BCUT2D eigenvalue weighted by Crippen LogP contribution is -2.46. The van der Waals surface area contributed by atoms with Crippen LogP contribution in [0.3, 0.4) is 0 Å². The average Bonchev–Trinajstić information content (AvgIpc) is 2.51. The minimum Gasteiger partial charge on any atom is -0.481 e. The van der Waals surface area contributed by atoms with Crippen LogP contribution in [-0.4, -0.2) is 16.1 Å². The fourth-order valence-corrected chi connectivity index (χ4v) is 2.05. The van der Waals surface area contributed by atoms with Gasteiger partial charge < -0.3 is 15.8 Å². The molecule has 0 spiro atoms. The van der Waals surface area contributed by atoms with Crippen LogP contribution in [-0.2, 0) is 4.79 Å². The highest BCUT2D eigenvalue weighted by Crippen LogP contribution is 2.48. The molecule has 0 aliphatic heterocycles. The number of nitrogens with two attached hydrogens (primary N) is 1. The first-order chi connectivity index (χ1) is 6.67. The standard InChI is InChI=1S/C10H14N2O2/c11-8(7-3-1-6-12-7)10(9(13)14)4-2-5-10/h1,3,6,8,12H,2,4-5,11H2,(H,13,14). The first-order valence-electron chi connectivity index (χ1n) is 4.79. The van der Waals surface area contributed by atoms with Crippen LogP contribution >= 0.6 is 0 Å². The molecule has 0 radical (unpaired) electrons. The van der Waals surface area contributed by atoms with E-state index < -0.39 is 17.4 Å². The number of H-pyrrole nitrogens is 1. The Hall–Kier alpha value is -1.29. The van der Waals surface area contributed by atoms with Crippen molar-refractivity contribution >= 4 is 5.97 Å². The average molecular weight is 194 g/mol. The third-order valence-corrected chi connectivity index (χ3v) is 3.22. The molecule has 76 valence electrons. The molecule has 0 bridgehead atoms. The van der Waals surface area contributed by atoms with Gasteiger partial charge in [-0.2, -0.15) is 0 Å². The molecule has 0 saturated heterocycles. The Balaban J connectivity index is 2.25. The van der Waals surface area contributed by atoms with Crippen molar-refractivity contribution in [2.75, 3.05) is 0 Å². The van der Waals surface area contributed by atoms with Crippen LogP contribution in [0.25, 0.3) is 0 Å². The summed E-state index contributed by atoms with van der Waals surface area (Å²) in [6.45, 7) is 0. The number of carboxylic acid groups (broad SMARTS) is 1. The summed E-state index contributed by atoms with van der Waals surface area (Å²) in [5.74, 6) is -0.772. The zero-order valence-corrected chi connectivity index (χ0v) is 7.86. The summed E-state index contributed by atoms with van der Waals surface area (Å²) in [7, 11) is 0. The maximum absolute atomic E-state index is 11.1. The van der Waals surface area contributed by atoms with Crippen LogP contribution in [0.15, 0.2) is 18.3 Å². The zero-order valence-electron chi connectivity index (χ0n) is 7.86. The molecular formula is C10H14N2O2. The summed E-state index contributed by atoms with van der Waals surface area (Å²) < 4.78 is 0. The topological polar surface area (TPSA) is 79.1 Å². The van der Waals surface area contributed by atoms with Crippen molar-refractivity contribution in [1.29, 1.82) is 0 Å². The molecule has 0 amide bonds. The van der Waals surface area contributed by atoms with Crippen molar-refractivity contribution in [3.8, 4) is 0 Å². The molecule has 1 aromatic heterocycles. The number of hydrogen-bond acceptors (Lipinski definition) is 2. The maximum atomic E-state index is 11.1. The molecule has 1 aliphatic carbocycles. The van der Waals surface area contributed by atoms with Crippen LogP contribution in [0.4, 0.5) is 0 Å². The highest BCUT2D eigenvalue weighted by molar-refractivity contribution is 5.77. The molecule has 1 fully saturated rings. The number of aromatic nitrogens is 1. The fraction of sp³-hybridized carbons (Fsp3) is 0.500. The minimum atomic E-state index is -0.772. The first kappa shape index (κ1) is 9.27. The smallest absolute Gasteiger partial charge is 0.311 e. The van der Waals surface area contributed by atoms with E-state index in [0.717, 1.165) is 12.1 Å². The van der Waals surface area contributed by atoms with Crippen molar-refractivity contribution in [2.24, 2.45) is 11.1 Å². The van der Waals surface area contributed by atoms with E-state index >= 15 is 0 Å². The molecule has 1 unspecified atom stereocenters. The molecule has 1 heterocycles. The quantitative estimate of drug-likeness (QED) is 0.678. The molecule has 1 atom stereocenters. The SMILES string of the molecule is NC(c1ccc[nH]1)C1(C(=O)O)CCC1. The van der Waals surface area contributed by atoms with Gasteiger partial charge in [-0.1, -0.05) is 6.42 Å². The van der Waals surface area contributed by atoms with Gasteiger partial charge in [0.1, 0.15) is 0 Å². The number of carboxylic acids is 1. The van der Waals surface area contributed by atoms with E-state index in [4.69, 9.17) is 10.8 Å². The molecule has 4 nitrogen and oxygen atoms in total. The minimum absolute atomic E-state index is 0.413. The monoisotopic (exact) mass is 194 g/mol. The number of carbonyl (C=O) groups is 1. The second-order valence-corrected chi connectivity index (χ2v) is 3.92. The van der Waals surface area contributed by atoms with Gasteiger partial charge in [0, 0.05) is 11.9 Å². The van der Waals surface area contributed by atoms with Gasteiger partial charge in [0.25, 0.3) is 0 Å². The van der Waals surface area contributed by atoms with Crippen LogP contribution in [0.1, 0.15) is 31.0 Å². The summed E-state index contributed by atoms with van der Waals surface area (Å²) in [6.07, 6.45) is 4.09. The fourth-order valence-electron chi connectivity index (χ4n) is 2.05. The third-order valence-electron chi connectivity index (χ3n) is 3.22. The highest BCUT2D eigenvalue weighted by atomic mass is 16.4. The summed E-state index contributed by atoms with van der Waals surface area (Å²) in [4.78, 5) is 14.1. The summed E-state index contributed by atoms with van der Waals surface area (Å²) in [6, 6.07) is 3.26. The second kappa shape index (κ2) is 3.13. The Morgan fingerprint density at radius 2 is 2.36 bits per heavy atom. The Morgan fingerprint density at radius 1 is 1.64 bits per heavy atom.